The van der Waals surface area contributed by atoms with E-state index in [1.807, 2.05) is 4.90 Å². The van der Waals surface area contributed by atoms with Crippen molar-refractivity contribution in [2.24, 2.45) is 11.3 Å². The molecule has 2 amide bonds. The minimum absolute atomic E-state index is 0.163. The van der Waals surface area contributed by atoms with Gasteiger partial charge in [-0.05, 0) is 37.0 Å². The van der Waals surface area contributed by atoms with E-state index in [-0.39, 0.29) is 11.4 Å². The normalized spacial score (nSPS) is 32.5. The van der Waals surface area contributed by atoms with Gasteiger partial charge in [-0.2, -0.15) is 0 Å². The fraction of sp³-hybridized carbons (Fsp3) is 0.929. The Morgan fingerprint density at radius 3 is 2.65 bits per heavy atom. The van der Waals surface area contributed by atoms with Crippen LogP contribution in [-0.2, 0) is 0 Å². The Bertz CT molecular complexity index is 288. The number of nitrogens with one attached hydrogen (secondary N) is 1. The van der Waals surface area contributed by atoms with Gasteiger partial charge in [0.15, 0.2) is 0 Å². The lowest BCUT2D eigenvalue weighted by molar-refractivity contribution is 0.158. The van der Waals surface area contributed by atoms with Gasteiger partial charge < -0.3 is 10.2 Å². The summed E-state index contributed by atoms with van der Waals surface area (Å²) in [5.74, 6) is 0.658. The molecule has 1 aliphatic heterocycles. The molecule has 2 aliphatic rings. The molecule has 0 aromatic rings. The molecule has 1 aliphatic carbocycles. The molecule has 1 saturated heterocycles. The summed E-state index contributed by atoms with van der Waals surface area (Å²) in [6, 6.07) is 0.531. The molecule has 3 nitrogen and oxygen atoms in total. The van der Waals surface area contributed by atoms with Crippen molar-refractivity contribution < 1.29 is 4.79 Å². The first kappa shape index (κ1) is 12.7. The highest BCUT2D eigenvalue weighted by Gasteiger charge is 2.36. The smallest absolute Gasteiger partial charge is 0.317 e. The van der Waals surface area contributed by atoms with Crippen LogP contribution in [0.3, 0.4) is 0 Å². The Labute approximate surface area is 105 Å². The first-order chi connectivity index (χ1) is 7.99. The van der Waals surface area contributed by atoms with Crippen LogP contribution in [0.15, 0.2) is 0 Å². The van der Waals surface area contributed by atoms with Crippen molar-refractivity contribution >= 4 is 6.03 Å². The van der Waals surface area contributed by atoms with Gasteiger partial charge in [0.2, 0.25) is 0 Å². The van der Waals surface area contributed by atoms with Crippen LogP contribution in [-0.4, -0.2) is 30.1 Å². The Hall–Kier alpha value is -0.730. The lowest BCUT2D eigenvalue weighted by Crippen LogP contribution is -2.50. The van der Waals surface area contributed by atoms with Gasteiger partial charge in [-0.25, -0.2) is 4.79 Å². The Balaban J connectivity index is 1.88. The topological polar surface area (TPSA) is 32.3 Å². The maximum absolute atomic E-state index is 12.2. The van der Waals surface area contributed by atoms with Crippen molar-refractivity contribution in [3.05, 3.63) is 0 Å². The Kier molecular flexibility index (Phi) is 3.64. The summed E-state index contributed by atoms with van der Waals surface area (Å²) in [5, 5.41) is 3.25. The highest BCUT2D eigenvalue weighted by Crippen LogP contribution is 2.37. The van der Waals surface area contributed by atoms with E-state index in [1.54, 1.807) is 0 Å². The average Bonchev–Trinajstić information content (AvgIpc) is 2.58. The monoisotopic (exact) mass is 238 g/mol. The maximum Gasteiger partial charge on any atom is 0.317 e. The van der Waals surface area contributed by atoms with E-state index in [2.05, 4.69) is 26.1 Å². The van der Waals surface area contributed by atoms with Crippen molar-refractivity contribution in [3.63, 3.8) is 0 Å². The minimum atomic E-state index is 0.163. The highest BCUT2D eigenvalue weighted by atomic mass is 16.2. The van der Waals surface area contributed by atoms with Crippen molar-refractivity contribution in [3.8, 4) is 0 Å². The van der Waals surface area contributed by atoms with Gasteiger partial charge in [-0.1, -0.05) is 27.2 Å². The van der Waals surface area contributed by atoms with Crippen molar-refractivity contribution in [1.29, 1.82) is 0 Å². The largest absolute Gasteiger partial charge is 0.335 e. The number of hydrogen-bond acceptors (Lipinski definition) is 1. The second kappa shape index (κ2) is 4.87. The van der Waals surface area contributed by atoms with E-state index in [0.717, 1.165) is 25.9 Å². The van der Waals surface area contributed by atoms with E-state index >= 15 is 0 Å². The van der Waals surface area contributed by atoms with E-state index in [1.165, 1.54) is 19.3 Å². The number of hydrogen-bond donors (Lipinski definition) is 1. The molecule has 0 aromatic carbocycles. The van der Waals surface area contributed by atoms with Crippen LogP contribution in [0.4, 0.5) is 4.79 Å². The summed E-state index contributed by atoms with van der Waals surface area (Å²) in [4.78, 5) is 14.2. The van der Waals surface area contributed by atoms with Crippen LogP contribution in [0.5, 0.6) is 0 Å². The molecular formula is C14H26N2O. The molecular weight excluding hydrogens is 212 g/mol. The average molecular weight is 238 g/mol. The molecule has 2 rings (SSSR count). The van der Waals surface area contributed by atoms with Gasteiger partial charge >= 0.3 is 6.03 Å². The number of likely N-dealkylation sites (tertiary alicyclic amines) is 1. The van der Waals surface area contributed by atoms with Crippen LogP contribution in [0.2, 0.25) is 0 Å². The van der Waals surface area contributed by atoms with Crippen LogP contribution in [0.1, 0.15) is 52.9 Å². The first-order valence-corrected chi connectivity index (χ1v) is 7.04. The van der Waals surface area contributed by atoms with Crippen LogP contribution >= 0.6 is 0 Å². The molecule has 2 unspecified atom stereocenters. The summed E-state index contributed by atoms with van der Waals surface area (Å²) < 4.78 is 0. The number of rotatable bonds is 1. The summed E-state index contributed by atoms with van der Waals surface area (Å²) in [6.07, 6.45) is 6.03. The summed E-state index contributed by atoms with van der Waals surface area (Å²) in [5.41, 5.74) is 0.275. The Morgan fingerprint density at radius 1 is 1.29 bits per heavy atom. The summed E-state index contributed by atoms with van der Waals surface area (Å²) in [6.45, 7) is 8.63. The second-order valence-corrected chi connectivity index (χ2v) is 6.58. The third-order valence-corrected chi connectivity index (χ3v) is 4.50. The number of carbonyl (C=O) groups excluding carboxylic acids is 1. The van der Waals surface area contributed by atoms with Gasteiger partial charge in [0.1, 0.15) is 0 Å². The fourth-order valence-electron chi connectivity index (χ4n) is 3.21. The number of nitrogens with zero attached hydrogens (tertiary/aromatic N) is 1. The van der Waals surface area contributed by atoms with Crippen molar-refractivity contribution in [2.45, 2.75) is 58.9 Å². The molecule has 17 heavy (non-hydrogen) atoms. The van der Waals surface area contributed by atoms with Gasteiger partial charge in [0.05, 0.1) is 0 Å². The zero-order valence-corrected chi connectivity index (χ0v) is 11.5. The zero-order valence-electron chi connectivity index (χ0n) is 11.5. The zero-order chi connectivity index (χ0) is 12.5. The van der Waals surface area contributed by atoms with Crippen LogP contribution < -0.4 is 5.32 Å². The molecule has 0 radical (unpaired) electrons. The predicted molar refractivity (Wildman–Crippen MR) is 69.9 cm³/mol. The van der Waals surface area contributed by atoms with Gasteiger partial charge in [-0.3, -0.25) is 0 Å². The first-order valence-electron chi connectivity index (χ1n) is 7.04. The fourth-order valence-corrected chi connectivity index (χ4v) is 3.21. The number of amides is 2. The predicted octanol–water partition coefficient (Wildman–Crippen LogP) is 3.01. The van der Waals surface area contributed by atoms with Gasteiger partial charge in [0, 0.05) is 19.1 Å². The van der Waals surface area contributed by atoms with E-state index in [4.69, 9.17) is 0 Å². The minimum Gasteiger partial charge on any atom is -0.335 e. The quantitative estimate of drug-likeness (QED) is 0.748. The molecule has 1 N–H and O–H groups in total. The molecule has 0 spiro atoms. The van der Waals surface area contributed by atoms with Crippen molar-refractivity contribution in [2.75, 3.05) is 13.1 Å². The molecule has 2 atom stereocenters. The highest BCUT2D eigenvalue weighted by molar-refractivity contribution is 5.74. The molecule has 3 heteroatoms. The Morgan fingerprint density at radius 2 is 2.06 bits per heavy atom. The standard InChI is InChI=1S/C14H26N2O/c1-11-6-5-9-16(10-11)13(17)15-12-7-4-8-14(12,2)3/h11-12H,4-10H2,1-3H3,(H,15,17). The van der Waals surface area contributed by atoms with Crippen LogP contribution in [0, 0.1) is 11.3 Å². The lowest BCUT2D eigenvalue weighted by Gasteiger charge is -2.34. The van der Waals surface area contributed by atoms with E-state index in [9.17, 15) is 4.79 Å². The third kappa shape index (κ3) is 2.93. The van der Waals surface area contributed by atoms with Crippen molar-refractivity contribution in [1.82, 2.24) is 10.2 Å². The van der Waals surface area contributed by atoms with E-state index in [0.29, 0.717) is 12.0 Å². The number of carbonyl (C=O) groups is 1. The van der Waals surface area contributed by atoms with E-state index < -0.39 is 0 Å². The second-order valence-electron chi connectivity index (χ2n) is 6.58. The molecule has 0 bridgehead atoms. The van der Waals surface area contributed by atoms with Gasteiger partial charge in [-0.15, -0.1) is 0 Å². The van der Waals surface area contributed by atoms with Gasteiger partial charge in [0.25, 0.3) is 0 Å². The molecule has 0 aromatic heterocycles. The van der Waals surface area contributed by atoms with Crippen LogP contribution in [0.25, 0.3) is 0 Å². The summed E-state index contributed by atoms with van der Waals surface area (Å²) in [7, 11) is 0. The maximum atomic E-state index is 12.2. The molecule has 1 heterocycles. The molecule has 1 saturated carbocycles. The summed E-state index contributed by atoms with van der Waals surface area (Å²) >= 11 is 0. The third-order valence-electron chi connectivity index (χ3n) is 4.50. The molecule has 98 valence electrons. The SMILES string of the molecule is CC1CCCN(C(=O)NC2CCCC2(C)C)C1. The lowest BCUT2D eigenvalue weighted by atomic mass is 9.87. The number of piperidine rings is 1. The molecule has 2 fully saturated rings. The number of urea groups is 1.